The first-order chi connectivity index (χ1) is 12.4. The van der Waals surface area contributed by atoms with Gasteiger partial charge in [-0.05, 0) is 37.0 Å². The van der Waals surface area contributed by atoms with Crippen molar-refractivity contribution in [1.29, 1.82) is 0 Å². The van der Waals surface area contributed by atoms with Crippen molar-refractivity contribution in [3.05, 3.63) is 50.6 Å². The zero-order valence-electron chi connectivity index (χ0n) is 13.4. The number of nitrogens with one attached hydrogen (secondary N) is 1. The van der Waals surface area contributed by atoms with Crippen LogP contribution >= 0.6 is 22.9 Å². The summed E-state index contributed by atoms with van der Waals surface area (Å²) < 4.78 is 18.5. The first kappa shape index (κ1) is 18.3. The van der Waals surface area contributed by atoms with Crippen molar-refractivity contribution >= 4 is 45.7 Å². The van der Waals surface area contributed by atoms with E-state index in [9.17, 15) is 18.8 Å². The molecule has 1 heterocycles. The van der Waals surface area contributed by atoms with Gasteiger partial charge in [-0.2, -0.15) is 0 Å². The zero-order chi connectivity index (χ0) is 18.8. The van der Waals surface area contributed by atoms with Crippen LogP contribution in [0.5, 0.6) is 0 Å². The van der Waals surface area contributed by atoms with Gasteiger partial charge in [0.1, 0.15) is 16.4 Å². The number of aryl methyl sites for hydroxylation is 1. The van der Waals surface area contributed by atoms with Crippen LogP contribution in [0.4, 0.5) is 9.39 Å². The van der Waals surface area contributed by atoms with Crippen molar-refractivity contribution in [2.24, 2.45) is 5.73 Å². The summed E-state index contributed by atoms with van der Waals surface area (Å²) in [6.45, 7) is -0.649. The highest BCUT2D eigenvalue weighted by Gasteiger charge is 2.26. The number of ether oxygens (including phenoxy) is 1. The number of primary amides is 1. The van der Waals surface area contributed by atoms with Crippen LogP contribution in [0.25, 0.3) is 0 Å². The molecule has 2 aromatic rings. The molecule has 1 aromatic heterocycles. The van der Waals surface area contributed by atoms with Gasteiger partial charge in [0, 0.05) is 4.88 Å². The number of carbonyl (C=O) groups excluding carboxylic acids is 3. The molecule has 136 valence electrons. The lowest BCUT2D eigenvalue weighted by molar-refractivity contribution is -0.119. The monoisotopic (exact) mass is 396 g/mol. The number of anilines is 1. The quantitative estimate of drug-likeness (QED) is 0.759. The summed E-state index contributed by atoms with van der Waals surface area (Å²) in [5, 5.41) is 2.76. The van der Waals surface area contributed by atoms with Gasteiger partial charge in [-0.3, -0.25) is 9.59 Å². The van der Waals surface area contributed by atoms with Crippen molar-refractivity contribution in [3.63, 3.8) is 0 Å². The maximum atomic E-state index is 13.7. The van der Waals surface area contributed by atoms with Crippen LogP contribution in [-0.4, -0.2) is 24.4 Å². The predicted molar refractivity (Wildman–Crippen MR) is 95.2 cm³/mol. The summed E-state index contributed by atoms with van der Waals surface area (Å²) >= 11 is 7.06. The number of benzene rings is 1. The molecule has 0 atom stereocenters. The Morgan fingerprint density at radius 3 is 2.73 bits per heavy atom. The van der Waals surface area contributed by atoms with E-state index in [2.05, 4.69) is 5.32 Å². The number of halogens is 2. The van der Waals surface area contributed by atoms with E-state index < -0.39 is 35.8 Å². The lowest BCUT2D eigenvalue weighted by Gasteiger charge is -2.08. The molecule has 0 saturated heterocycles. The Morgan fingerprint density at radius 1 is 1.27 bits per heavy atom. The lowest BCUT2D eigenvalue weighted by atomic mass is 10.1. The van der Waals surface area contributed by atoms with E-state index in [0.29, 0.717) is 10.6 Å². The third kappa shape index (κ3) is 3.56. The molecule has 0 bridgehead atoms. The van der Waals surface area contributed by atoms with E-state index >= 15 is 0 Å². The average molecular weight is 397 g/mol. The summed E-state index contributed by atoms with van der Waals surface area (Å²) in [6, 6.07) is 3.75. The van der Waals surface area contributed by atoms with Crippen molar-refractivity contribution in [2.75, 3.05) is 11.9 Å². The van der Waals surface area contributed by atoms with E-state index in [1.807, 2.05) is 0 Å². The van der Waals surface area contributed by atoms with E-state index in [0.717, 1.165) is 35.8 Å². The van der Waals surface area contributed by atoms with Crippen LogP contribution < -0.4 is 11.1 Å². The first-order valence-corrected chi connectivity index (χ1v) is 8.93. The van der Waals surface area contributed by atoms with Crippen molar-refractivity contribution in [2.45, 2.75) is 19.3 Å². The molecule has 1 aromatic carbocycles. The van der Waals surface area contributed by atoms with Crippen LogP contribution in [0, 0.1) is 5.82 Å². The second kappa shape index (κ2) is 7.43. The normalized spacial score (nSPS) is 12.5. The summed E-state index contributed by atoms with van der Waals surface area (Å²) in [7, 11) is 0. The number of esters is 1. The predicted octanol–water partition coefficient (Wildman–Crippen LogP) is 2.92. The molecule has 9 heteroatoms. The van der Waals surface area contributed by atoms with Crippen LogP contribution in [-0.2, 0) is 22.4 Å². The Balaban J connectivity index is 1.67. The van der Waals surface area contributed by atoms with Crippen molar-refractivity contribution in [3.8, 4) is 0 Å². The molecule has 6 nitrogen and oxygen atoms in total. The minimum Gasteiger partial charge on any atom is -0.452 e. The maximum Gasteiger partial charge on any atom is 0.343 e. The van der Waals surface area contributed by atoms with Gasteiger partial charge in [-0.15, -0.1) is 11.3 Å². The van der Waals surface area contributed by atoms with Gasteiger partial charge in [0.15, 0.2) is 6.61 Å². The average Bonchev–Trinajstić information content (AvgIpc) is 3.12. The molecule has 0 aliphatic heterocycles. The number of carbonyl (C=O) groups is 3. The number of hydrogen-bond donors (Lipinski definition) is 2. The highest BCUT2D eigenvalue weighted by molar-refractivity contribution is 7.17. The Labute approximate surface area is 157 Å². The van der Waals surface area contributed by atoms with Gasteiger partial charge in [0.05, 0.1) is 10.6 Å². The van der Waals surface area contributed by atoms with E-state index in [-0.39, 0.29) is 5.02 Å². The SMILES string of the molecule is NC(=O)c1c(NC(=O)COC(=O)c2c(F)cccc2Cl)sc2c1CCC2. The topological polar surface area (TPSA) is 98.5 Å². The van der Waals surface area contributed by atoms with Gasteiger partial charge in [0.2, 0.25) is 0 Å². The van der Waals surface area contributed by atoms with Crippen LogP contribution in [0.1, 0.15) is 37.6 Å². The van der Waals surface area contributed by atoms with Gasteiger partial charge in [-0.1, -0.05) is 17.7 Å². The first-order valence-electron chi connectivity index (χ1n) is 7.73. The van der Waals surface area contributed by atoms with Crippen LogP contribution in [0.2, 0.25) is 5.02 Å². The Morgan fingerprint density at radius 2 is 2.04 bits per heavy atom. The smallest absolute Gasteiger partial charge is 0.343 e. The fourth-order valence-electron chi connectivity index (χ4n) is 2.81. The summed E-state index contributed by atoms with van der Waals surface area (Å²) in [6.07, 6.45) is 2.51. The highest BCUT2D eigenvalue weighted by atomic mass is 35.5. The molecule has 0 spiro atoms. The molecular weight excluding hydrogens is 383 g/mol. The number of rotatable bonds is 5. The fourth-order valence-corrected chi connectivity index (χ4v) is 4.36. The summed E-state index contributed by atoms with van der Waals surface area (Å²) in [4.78, 5) is 36.7. The molecule has 1 aliphatic carbocycles. The Hall–Kier alpha value is -2.45. The number of nitrogens with two attached hydrogens (primary N) is 1. The zero-order valence-corrected chi connectivity index (χ0v) is 15.0. The van der Waals surface area contributed by atoms with Gasteiger partial charge in [-0.25, -0.2) is 9.18 Å². The summed E-state index contributed by atoms with van der Waals surface area (Å²) in [5.41, 5.74) is 6.15. The molecule has 3 N–H and O–H groups in total. The number of amides is 2. The maximum absolute atomic E-state index is 13.7. The molecular formula is C17H14ClFN2O4S. The van der Waals surface area contributed by atoms with Crippen molar-refractivity contribution in [1.82, 2.24) is 0 Å². The Bertz CT molecular complexity index is 892. The second-order valence-corrected chi connectivity index (χ2v) is 7.16. The van der Waals surface area contributed by atoms with E-state index in [4.69, 9.17) is 22.1 Å². The molecule has 3 rings (SSSR count). The second-order valence-electron chi connectivity index (χ2n) is 5.65. The van der Waals surface area contributed by atoms with Gasteiger partial charge < -0.3 is 15.8 Å². The largest absolute Gasteiger partial charge is 0.452 e. The molecule has 0 unspecified atom stereocenters. The molecule has 0 radical (unpaired) electrons. The molecule has 1 aliphatic rings. The number of thiophene rings is 1. The minimum atomic E-state index is -1.05. The molecule has 2 amide bonds. The third-order valence-electron chi connectivity index (χ3n) is 3.92. The highest BCUT2D eigenvalue weighted by Crippen LogP contribution is 2.38. The molecule has 26 heavy (non-hydrogen) atoms. The minimum absolute atomic E-state index is 0.110. The number of fused-ring (bicyclic) bond motifs is 1. The fraction of sp³-hybridized carbons (Fsp3) is 0.235. The standard InChI is InChI=1S/C17H14ClFN2O4S/c18-9-4-2-5-10(19)14(9)17(24)25-7-12(22)21-16-13(15(20)23)8-3-1-6-11(8)26-16/h2,4-5H,1,3,6-7H2,(H2,20,23)(H,21,22). The lowest BCUT2D eigenvalue weighted by Crippen LogP contribution is -2.23. The van der Waals surface area contributed by atoms with Gasteiger partial charge in [0.25, 0.3) is 11.8 Å². The Kier molecular flexibility index (Phi) is 5.24. The molecule has 0 saturated carbocycles. The van der Waals surface area contributed by atoms with Crippen LogP contribution in [0.3, 0.4) is 0 Å². The van der Waals surface area contributed by atoms with Gasteiger partial charge >= 0.3 is 5.97 Å². The van der Waals surface area contributed by atoms with E-state index in [1.54, 1.807) is 0 Å². The summed E-state index contributed by atoms with van der Waals surface area (Å²) in [5.74, 6) is -3.16. The number of hydrogen-bond acceptors (Lipinski definition) is 5. The third-order valence-corrected chi connectivity index (χ3v) is 5.44. The van der Waals surface area contributed by atoms with Crippen molar-refractivity contribution < 1.29 is 23.5 Å². The van der Waals surface area contributed by atoms with E-state index in [1.165, 1.54) is 23.5 Å². The molecule has 0 fully saturated rings. The van der Waals surface area contributed by atoms with Crippen LogP contribution in [0.15, 0.2) is 18.2 Å².